The highest BCUT2D eigenvalue weighted by Gasteiger charge is 2.62. The molecule has 1 saturated heterocycles. The number of fused-ring (bicyclic) bond motifs is 3. The molecular formula is C27H41N7. The predicted molar refractivity (Wildman–Crippen MR) is 130 cm³/mol. The summed E-state index contributed by atoms with van der Waals surface area (Å²) in [5.41, 5.74) is 1.28. The van der Waals surface area contributed by atoms with Crippen LogP contribution in [0.4, 0.5) is 0 Å². The number of nitriles is 1. The van der Waals surface area contributed by atoms with E-state index in [0.717, 1.165) is 49.3 Å². The van der Waals surface area contributed by atoms with Crippen LogP contribution in [-0.2, 0) is 5.41 Å². The van der Waals surface area contributed by atoms with Crippen molar-refractivity contribution in [2.45, 2.75) is 101 Å². The minimum atomic E-state index is -0.00642. The first kappa shape index (κ1) is 22.5. The van der Waals surface area contributed by atoms with Gasteiger partial charge in [0.2, 0.25) is 0 Å². The summed E-state index contributed by atoms with van der Waals surface area (Å²) >= 11 is 0. The highest BCUT2D eigenvalue weighted by Crippen LogP contribution is 2.61. The molecule has 0 radical (unpaired) electrons. The van der Waals surface area contributed by atoms with Gasteiger partial charge in [-0.25, -0.2) is 0 Å². The first-order valence-electron chi connectivity index (χ1n) is 13.9. The molecule has 5 aliphatic rings. The van der Waals surface area contributed by atoms with Crippen LogP contribution in [0.2, 0.25) is 0 Å². The van der Waals surface area contributed by atoms with Gasteiger partial charge in [-0.3, -0.25) is 0 Å². The van der Waals surface area contributed by atoms with E-state index in [1.165, 1.54) is 64.2 Å². The first-order valence-corrected chi connectivity index (χ1v) is 13.9. The summed E-state index contributed by atoms with van der Waals surface area (Å²) in [5.74, 6) is 4.64. The highest BCUT2D eigenvalue weighted by molar-refractivity contribution is 5.26. The maximum atomic E-state index is 9.66. The van der Waals surface area contributed by atoms with E-state index in [0.29, 0.717) is 17.8 Å². The molecule has 7 atom stereocenters. The molecule has 7 nitrogen and oxygen atoms in total. The fraction of sp³-hybridized carbons (Fsp3) is 0.852. The molecular weight excluding hydrogens is 422 g/mol. The molecule has 1 aromatic heterocycles. The third kappa shape index (κ3) is 3.43. The third-order valence-electron chi connectivity index (χ3n) is 10.8. The number of hydrogen-bond donors (Lipinski definition) is 2. The van der Waals surface area contributed by atoms with Crippen molar-refractivity contribution in [3.05, 3.63) is 18.1 Å². The van der Waals surface area contributed by atoms with Crippen LogP contribution in [-0.4, -0.2) is 50.2 Å². The monoisotopic (exact) mass is 463 g/mol. The van der Waals surface area contributed by atoms with Crippen LogP contribution >= 0.6 is 0 Å². The zero-order chi connectivity index (χ0) is 23.3. The minimum Gasteiger partial charge on any atom is -0.353 e. The van der Waals surface area contributed by atoms with Crippen LogP contribution in [0.1, 0.15) is 89.8 Å². The molecule has 1 aliphatic heterocycles. The molecule has 2 heterocycles. The average Bonchev–Trinajstić information content (AvgIpc) is 3.20. The molecule has 5 unspecified atom stereocenters. The SMILES string of the molecule is C=C(CNCCC1(c2nn[nH]n2)C2CCCCC2CC2CCCCC21)N1C(C#N)C[C@@H]2C[C@@]21C. The summed E-state index contributed by atoms with van der Waals surface area (Å²) < 4.78 is 0. The van der Waals surface area contributed by atoms with Gasteiger partial charge in [-0.2, -0.15) is 10.5 Å². The molecule has 4 saturated carbocycles. The van der Waals surface area contributed by atoms with Crippen molar-refractivity contribution in [3.8, 4) is 6.07 Å². The fourth-order valence-electron chi connectivity index (χ4n) is 9.28. The lowest BCUT2D eigenvalue weighted by Gasteiger charge is -2.58. The zero-order valence-corrected chi connectivity index (χ0v) is 20.8. The van der Waals surface area contributed by atoms with Crippen molar-refractivity contribution in [1.82, 2.24) is 30.8 Å². The predicted octanol–water partition coefficient (Wildman–Crippen LogP) is 4.32. The Kier molecular flexibility index (Phi) is 5.71. The third-order valence-corrected chi connectivity index (χ3v) is 10.8. The molecule has 184 valence electrons. The second-order valence-electron chi connectivity index (χ2n) is 12.3. The number of H-pyrrole nitrogens is 1. The Balaban J connectivity index is 1.20. The summed E-state index contributed by atoms with van der Waals surface area (Å²) in [6.45, 7) is 8.41. The van der Waals surface area contributed by atoms with Gasteiger partial charge in [0.15, 0.2) is 5.82 Å². The van der Waals surface area contributed by atoms with Crippen molar-refractivity contribution in [2.75, 3.05) is 13.1 Å². The molecule has 6 rings (SSSR count). The molecule has 5 fully saturated rings. The normalized spacial score (nSPS) is 42.9. The molecule has 34 heavy (non-hydrogen) atoms. The number of rotatable bonds is 7. The lowest BCUT2D eigenvalue weighted by atomic mass is 9.46. The van der Waals surface area contributed by atoms with Crippen LogP contribution in [0.5, 0.6) is 0 Å². The van der Waals surface area contributed by atoms with Gasteiger partial charge >= 0.3 is 0 Å². The smallest absolute Gasteiger partial charge is 0.181 e. The average molecular weight is 464 g/mol. The van der Waals surface area contributed by atoms with Crippen LogP contribution in [0.15, 0.2) is 12.3 Å². The van der Waals surface area contributed by atoms with Crippen LogP contribution in [0.3, 0.4) is 0 Å². The van der Waals surface area contributed by atoms with Gasteiger partial charge in [-0.15, -0.1) is 10.2 Å². The minimum absolute atomic E-state index is 0.00642. The maximum absolute atomic E-state index is 9.66. The number of hydrogen-bond acceptors (Lipinski definition) is 6. The van der Waals surface area contributed by atoms with E-state index in [1.54, 1.807) is 0 Å². The van der Waals surface area contributed by atoms with Gasteiger partial charge in [0, 0.05) is 23.2 Å². The Labute approximate surface area is 204 Å². The van der Waals surface area contributed by atoms with Crippen LogP contribution in [0, 0.1) is 40.9 Å². The number of nitrogens with zero attached hydrogens (tertiary/aromatic N) is 5. The topological polar surface area (TPSA) is 93.5 Å². The lowest BCUT2D eigenvalue weighted by molar-refractivity contribution is -0.0476. The molecule has 7 heteroatoms. The van der Waals surface area contributed by atoms with Crippen molar-refractivity contribution in [1.29, 1.82) is 5.26 Å². The number of aromatic nitrogens is 4. The molecule has 1 aromatic rings. The molecule has 0 aromatic carbocycles. The Bertz CT molecular complexity index is 913. The van der Waals surface area contributed by atoms with Gasteiger partial charge in [0.25, 0.3) is 0 Å². The number of piperidine rings is 1. The number of nitrogens with one attached hydrogen (secondary N) is 2. The van der Waals surface area contributed by atoms with Crippen molar-refractivity contribution in [3.63, 3.8) is 0 Å². The first-order chi connectivity index (χ1) is 16.6. The largest absolute Gasteiger partial charge is 0.353 e. The van der Waals surface area contributed by atoms with Gasteiger partial charge < -0.3 is 10.2 Å². The number of tetrazole rings is 1. The van der Waals surface area contributed by atoms with Gasteiger partial charge in [-0.05, 0) is 81.6 Å². The van der Waals surface area contributed by atoms with E-state index in [4.69, 9.17) is 0 Å². The van der Waals surface area contributed by atoms with E-state index in [1.807, 2.05) is 0 Å². The van der Waals surface area contributed by atoms with Crippen molar-refractivity contribution >= 4 is 0 Å². The van der Waals surface area contributed by atoms with E-state index < -0.39 is 0 Å². The van der Waals surface area contributed by atoms with Crippen molar-refractivity contribution in [2.24, 2.45) is 29.6 Å². The Morgan fingerprint density at radius 3 is 2.50 bits per heavy atom. The maximum Gasteiger partial charge on any atom is 0.181 e. The van der Waals surface area contributed by atoms with E-state index in [9.17, 15) is 5.26 Å². The summed E-state index contributed by atoms with van der Waals surface area (Å²) in [6.07, 6.45) is 15.5. The number of aromatic amines is 1. The van der Waals surface area contributed by atoms with E-state index in [2.05, 4.69) is 50.4 Å². The Morgan fingerprint density at radius 1 is 1.15 bits per heavy atom. The standard InChI is InChI=1S/C27H41N7/c1-18(34-22(16-28)14-21-15-26(21,34)2)17-29-12-11-27(25-30-32-33-31-25)23-9-5-3-7-19(23)13-20-8-4-6-10-24(20)27/h19-24,29H,1,3-15,17H2,2H3,(H,30,31,32,33)/t19?,20?,21-,22?,23?,24?,26+,27?/m1/s1. The summed E-state index contributed by atoms with van der Waals surface area (Å²) in [6, 6.07) is 2.51. The second-order valence-corrected chi connectivity index (χ2v) is 12.3. The molecule has 0 bridgehead atoms. The van der Waals surface area contributed by atoms with Gasteiger partial charge in [0.1, 0.15) is 6.04 Å². The quantitative estimate of drug-likeness (QED) is 0.585. The highest BCUT2D eigenvalue weighted by atomic mass is 15.5. The molecule has 4 aliphatic carbocycles. The summed E-state index contributed by atoms with van der Waals surface area (Å²) in [7, 11) is 0. The van der Waals surface area contributed by atoms with Gasteiger partial charge in [0.05, 0.1) is 6.07 Å². The lowest BCUT2D eigenvalue weighted by Crippen LogP contribution is -2.56. The molecule has 0 amide bonds. The zero-order valence-electron chi connectivity index (χ0n) is 20.8. The van der Waals surface area contributed by atoms with Gasteiger partial charge in [-0.1, -0.05) is 50.3 Å². The Hall–Kier alpha value is -1.94. The molecule has 0 spiro atoms. The second kappa shape index (κ2) is 8.62. The van der Waals surface area contributed by atoms with Crippen LogP contribution in [0.25, 0.3) is 0 Å². The van der Waals surface area contributed by atoms with Crippen LogP contribution < -0.4 is 5.32 Å². The van der Waals surface area contributed by atoms with E-state index in [-0.39, 0.29) is 17.0 Å². The molecule has 2 N–H and O–H groups in total. The number of likely N-dealkylation sites (tertiary alicyclic amines) is 1. The van der Waals surface area contributed by atoms with Crippen molar-refractivity contribution < 1.29 is 0 Å². The summed E-state index contributed by atoms with van der Waals surface area (Å²) in [5, 5.41) is 29.6. The fourth-order valence-corrected chi connectivity index (χ4v) is 9.28. The summed E-state index contributed by atoms with van der Waals surface area (Å²) in [4.78, 5) is 2.33. The van der Waals surface area contributed by atoms with E-state index >= 15 is 0 Å². The Morgan fingerprint density at radius 2 is 1.85 bits per heavy atom.